The summed E-state index contributed by atoms with van der Waals surface area (Å²) in [4.78, 5) is 13.9. The van der Waals surface area contributed by atoms with Gasteiger partial charge in [0.15, 0.2) is 0 Å². The summed E-state index contributed by atoms with van der Waals surface area (Å²) in [5.74, 6) is -0.356. The van der Waals surface area contributed by atoms with E-state index in [1.807, 2.05) is 0 Å². The summed E-state index contributed by atoms with van der Waals surface area (Å²) in [7, 11) is 0. The van der Waals surface area contributed by atoms with Crippen molar-refractivity contribution in [2.75, 3.05) is 19.7 Å². The van der Waals surface area contributed by atoms with Gasteiger partial charge in [-0.15, -0.1) is 0 Å². The highest BCUT2D eigenvalue weighted by Crippen LogP contribution is 2.30. The van der Waals surface area contributed by atoms with Crippen molar-refractivity contribution in [1.29, 1.82) is 0 Å². The predicted octanol–water partition coefficient (Wildman–Crippen LogP) is 0.613. The SMILES string of the molecule is CCN(CC1CCCO1)C1CCCC(N)(C(N)=O)C1. The number of primary amides is 1. The third-order valence-electron chi connectivity index (χ3n) is 4.64. The minimum Gasteiger partial charge on any atom is -0.377 e. The lowest BCUT2D eigenvalue weighted by Gasteiger charge is -2.41. The van der Waals surface area contributed by atoms with Crippen LogP contribution in [0, 0.1) is 0 Å². The van der Waals surface area contributed by atoms with Gasteiger partial charge in [-0.1, -0.05) is 6.92 Å². The molecule has 1 saturated heterocycles. The van der Waals surface area contributed by atoms with E-state index in [4.69, 9.17) is 16.2 Å². The van der Waals surface area contributed by atoms with Crippen LogP contribution in [-0.4, -0.2) is 48.2 Å². The fourth-order valence-electron chi connectivity index (χ4n) is 3.40. The van der Waals surface area contributed by atoms with E-state index < -0.39 is 5.54 Å². The molecule has 1 amide bonds. The van der Waals surface area contributed by atoms with Crippen LogP contribution in [0.2, 0.25) is 0 Å². The van der Waals surface area contributed by atoms with E-state index in [1.54, 1.807) is 0 Å². The largest absolute Gasteiger partial charge is 0.377 e. The summed E-state index contributed by atoms with van der Waals surface area (Å²) in [5, 5.41) is 0. The first-order chi connectivity index (χ1) is 9.05. The number of hydrogen-bond acceptors (Lipinski definition) is 4. The molecule has 0 bridgehead atoms. The van der Waals surface area contributed by atoms with Gasteiger partial charge in [0.05, 0.1) is 11.6 Å². The van der Waals surface area contributed by atoms with Crippen LogP contribution in [0.15, 0.2) is 0 Å². The Morgan fingerprint density at radius 1 is 1.42 bits per heavy atom. The molecule has 1 aliphatic heterocycles. The number of nitrogens with two attached hydrogens (primary N) is 2. The van der Waals surface area contributed by atoms with Gasteiger partial charge in [-0.25, -0.2) is 0 Å². The van der Waals surface area contributed by atoms with Crippen LogP contribution in [0.25, 0.3) is 0 Å². The summed E-state index contributed by atoms with van der Waals surface area (Å²) in [6, 6.07) is 0.362. The molecule has 110 valence electrons. The molecule has 0 aromatic rings. The van der Waals surface area contributed by atoms with Gasteiger partial charge in [-0.3, -0.25) is 9.69 Å². The number of carbonyl (C=O) groups is 1. The van der Waals surface area contributed by atoms with Crippen LogP contribution in [-0.2, 0) is 9.53 Å². The van der Waals surface area contributed by atoms with E-state index in [-0.39, 0.29) is 5.91 Å². The van der Waals surface area contributed by atoms with Crippen LogP contribution in [0.5, 0.6) is 0 Å². The first-order valence-electron chi connectivity index (χ1n) is 7.49. The maximum atomic E-state index is 11.5. The Balaban J connectivity index is 1.95. The second-order valence-electron chi connectivity index (χ2n) is 5.99. The van der Waals surface area contributed by atoms with Crippen molar-refractivity contribution in [2.45, 2.75) is 63.1 Å². The lowest BCUT2D eigenvalue weighted by molar-refractivity contribution is -0.125. The molecule has 1 saturated carbocycles. The lowest BCUT2D eigenvalue weighted by Crippen LogP contribution is -2.58. The molecule has 0 aromatic heterocycles. The Morgan fingerprint density at radius 2 is 2.21 bits per heavy atom. The predicted molar refractivity (Wildman–Crippen MR) is 74.6 cm³/mol. The molecule has 3 unspecified atom stereocenters. The zero-order chi connectivity index (χ0) is 13.9. The molecule has 4 N–H and O–H groups in total. The standard InChI is InChI=1S/C14H27N3O2/c1-2-17(10-12-6-4-8-19-12)11-5-3-7-14(16,9-11)13(15)18/h11-12H,2-10,16H2,1H3,(H2,15,18). The van der Waals surface area contributed by atoms with Crippen molar-refractivity contribution in [3.63, 3.8) is 0 Å². The van der Waals surface area contributed by atoms with E-state index in [2.05, 4.69) is 11.8 Å². The summed E-state index contributed by atoms with van der Waals surface area (Å²) in [5.41, 5.74) is 10.8. The molecule has 2 aliphatic rings. The number of likely N-dealkylation sites (N-methyl/N-ethyl adjacent to an activating group) is 1. The van der Waals surface area contributed by atoms with E-state index in [1.165, 1.54) is 0 Å². The second kappa shape index (κ2) is 6.20. The van der Waals surface area contributed by atoms with Gasteiger partial charge >= 0.3 is 0 Å². The van der Waals surface area contributed by atoms with Crippen molar-refractivity contribution < 1.29 is 9.53 Å². The Hall–Kier alpha value is -0.650. The minimum atomic E-state index is -0.813. The zero-order valence-corrected chi connectivity index (χ0v) is 11.9. The highest BCUT2D eigenvalue weighted by Gasteiger charge is 2.39. The first kappa shape index (κ1) is 14.8. The van der Waals surface area contributed by atoms with Gasteiger partial charge in [-0.05, 0) is 45.1 Å². The number of nitrogens with zero attached hydrogens (tertiary/aromatic N) is 1. The maximum absolute atomic E-state index is 11.5. The Bertz CT molecular complexity index is 318. The van der Waals surface area contributed by atoms with Gasteiger partial charge in [0.1, 0.15) is 0 Å². The third kappa shape index (κ3) is 3.46. The second-order valence-corrected chi connectivity index (χ2v) is 5.99. The molecule has 1 heterocycles. The molecule has 0 aromatic carbocycles. The monoisotopic (exact) mass is 269 g/mol. The van der Waals surface area contributed by atoms with Gasteiger partial charge in [0.2, 0.25) is 5.91 Å². The summed E-state index contributed by atoms with van der Waals surface area (Å²) in [6.07, 6.45) is 6.14. The minimum absolute atomic E-state index is 0.350. The Labute approximate surface area is 115 Å². The first-order valence-corrected chi connectivity index (χ1v) is 7.49. The normalized spacial score (nSPS) is 35.7. The van der Waals surface area contributed by atoms with E-state index in [0.29, 0.717) is 18.6 Å². The van der Waals surface area contributed by atoms with Gasteiger partial charge in [0.25, 0.3) is 0 Å². The molecule has 1 aliphatic carbocycles. The average Bonchev–Trinajstić information content (AvgIpc) is 2.88. The van der Waals surface area contributed by atoms with Crippen molar-refractivity contribution >= 4 is 5.91 Å². The zero-order valence-electron chi connectivity index (χ0n) is 11.9. The number of rotatable bonds is 5. The van der Waals surface area contributed by atoms with Crippen LogP contribution < -0.4 is 11.5 Å². The highest BCUT2D eigenvalue weighted by atomic mass is 16.5. The summed E-state index contributed by atoms with van der Waals surface area (Å²) in [6.45, 7) is 4.97. The van der Waals surface area contributed by atoms with Crippen LogP contribution in [0.4, 0.5) is 0 Å². The number of ether oxygens (including phenoxy) is 1. The van der Waals surface area contributed by atoms with Crippen molar-refractivity contribution in [3.05, 3.63) is 0 Å². The molecule has 5 nitrogen and oxygen atoms in total. The highest BCUT2D eigenvalue weighted by molar-refractivity contribution is 5.84. The topological polar surface area (TPSA) is 81.6 Å². The molecular weight excluding hydrogens is 242 g/mol. The molecule has 5 heteroatoms. The van der Waals surface area contributed by atoms with Gasteiger partial charge < -0.3 is 16.2 Å². The van der Waals surface area contributed by atoms with Crippen molar-refractivity contribution in [2.24, 2.45) is 11.5 Å². The van der Waals surface area contributed by atoms with Gasteiger partial charge in [0, 0.05) is 19.2 Å². The number of hydrogen-bond donors (Lipinski definition) is 2. The van der Waals surface area contributed by atoms with Crippen LogP contribution in [0.3, 0.4) is 0 Å². The number of carbonyl (C=O) groups excluding carboxylic acids is 1. The van der Waals surface area contributed by atoms with E-state index >= 15 is 0 Å². The third-order valence-corrected chi connectivity index (χ3v) is 4.64. The summed E-state index contributed by atoms with van der Waals surface area (Å²) < 4.78 is 5.71. The fraction of sp³-hybridized carbons (Fsp3) is 0.929. The number of amides is 1. The molecule has 0 radical (unpaired) electrons. The van der Waals surface area contributed by atoms with Crippen LogP contribution >= 0.6 is 0 Å². The molecule has 0 spiro atoms. The fourth-order valence-corrected chi connectivity index (χ4v) is 3.40. The van der Waals surface area contributed by atoms with E-state index in [0.717, 1.165) is 51.8 Å². The van der Waals surface area contributed by atoms with Gasteiger partial charge in [-0.2, -0.15) is 0 Å². The van der Waals surface area contributed by atoms with Crippen LogP contribution in [0.1, 0.15) is 45.4 Å². The maximum Gasteiger partial charge on any atom is 0.237 e. The lowest BCUT2D eigenvalue weighted by atomic mass is 9.78. The quantitative estimate of drug-likeness (QED) is 0.766. The molecular formula is C14H27N3O2. The Morgan fingerprint density at radius 3 is 2.79 bits per heavy atom. The van der Waals surface area contributed by atoms with E-state index in [9.17, 15) is 4.79 Å². The van der Waals surface area contributed by atoms with Crippen molar-refractivity contribution in [1.82, 2.24) is 4.90 Å². The van der Waals surface area contributed by atoms with Crippen molar-refractivity contribution in [3.8, 4) is 0 Å². The summed E-state index contributed by atoms with van der Waals surface area (Å²) >= 11 is 0. The Kier molecular flexibility index (Phi) is 4.81. The smallest absolute Gasteiger partial charge is 0.237 e. The molecule has 2 fully saturated rings. The molecule has 2 rings (SSSR count). The molecule has 19 heavy (non-hydrogen) atoms. The molecule has 3 atom stereocenters. The average molecular weight is 269 g/mol.